The number of nitrogens with zero attached hydrogens (tertiary/aromatic N) is 5. The van der Waals surface area contributed by atoms with E-state index in [2.05, 4.69) is 59.1 Å². The van der Waals surface area contributed by atoms with Crippen LogP contribution in [0.5, 0.6) is 0 Å². The molecule has 4 rings (SSSR count). The van der Waals surface area contributed by atoms with Gasteiger partial charge in [-0.25, -0.2) is 0 Å². The lowest BCUT2D eigenvalue weighted by molar-refractivity contribution is -0.140. The van der Waals surface area contributed by atoms with Crippen LogP contribution in [0.2, 0.25) is 0 Å². The number of aliphatic imine (C=N–C) groups is 1. The maximum absolute atomic E-state index is 13.3. The van der Waals surface area contributed by atoms with Crippen LogP contribution in [-0.2, 0) is 12.6 Å². The molecule has 1 aromatic carbocycles. The molecule has 0 unspecified atom stereocenters. The van der Waals surface area contributed by atoms with Gasteiger partial charge < -0.3 is 4.90 Å². The highest BCUT2D eigenvalue weighted by Crippen LogP contribution is 2.36. The highest BCUT2D eigenvalue weighted by atomic mass is 19.4. The summed E-state index contributed by atoms with van der Waals surface area (Å²) < 4.78 is 39.8. The number of nitrogens with one attached hydrogen (secondary N) is 1. The van der Waals surface area contributed by atoms with Gasteiger partial charge in [0.15, 0.2) is 5.69 Å². The van der Waals surface area contributed by atoms with Crippen molar-refractivity contribution < 1.29 is 13.2 Å². The minimum Gasteiger partial charge on any atom is -0.378 e. The maximum atomic E-state index is 13.3. The molecule has 3 aromatic rings. The number of alkyl halides is 3. The van der Waals surface area contributed by atoms with Gasteiger partial charge >= 0.3 is 6.18 Å². The maximum Gasteiger partial charge on any atom is 0.435 e. The molecule has 178 valence electrons. The molecule has 1 aliphatic carbocycles. The summed E-state index contributed by atoms with van der Waals surface area (Å²) in [6.45, 7) is 8.82. The number of hydrogen-bond acceptors (Lipinski definition) is 5. The number of hydrogen-bond donors (Lipinski definition) is 1. The van der Waals surface area contributed by atoms with Crippen LogP contribution in [-0.4, -0.2) is 45.6 Å². The zero-order valence-electron chi connectivity index (χ0n) is 19.4. The van der Waals surface area contributed by atoms with E-state index in [0.717, 1.165) is 19.4 Å². The average Bonchev–Trinajstić information content (AvgIpc) is 3.45. The van der Waals surface area contributed by atoms with E-state index in [4.69, 9.17) is 0 Å². The summed E-state index contributed by atoms with van der Waals surface area (Å²) in [7, 11) is 1.96. The van der Waals surface area contributed by atoms with Gasteiger partial charge in [0.2, 0.25) is 0 Å². The van der Waals surface area contributed by atoms with Crippen LogP contribution in [0.15, 0.2) is 47.7 Å². The Kier molecular flexibility index (Phi) is 6.54. The molecule has 34 heavy (non-hydrogen) atoms. The van der Waals surface area contributed by atoms with Gasteiger partial charge in [0.1, 0.15) is 11.4 Å². The van der Waals surface area contributed by atoms with Crippen LogP contribution >= 0.6 is 0 Å². The number of rotatable bonds is 7. The van der Waals surface area contributed by atoms with Crippen LogP contribution in [0.3, 0.4) is 0 Å². The Morgan fingerprint density at radius 3 is 2.79 bits per heavy atom. The smallest absolute Gasteiger partial charge is 0.378 e. The Hall–Kier alpha value is -3.49. The zero-order valence-corrected chi connectivity index (χ0v) is 19.4. The SMILES string of the molecule is C=N/C(=C\N(C)C[C@@H]1CCc2ccc(C(C)C)cc21)c1cc(-c2nn[nH]c2C(F)(F)F)ccn1. The third-order valence-corrected chi connectivity index (χ3v) is 6.19. The Labute approximate surface area is 196 Å². The molecule has 1 atom stereocenters. The van der Waals surface area contributed by atoms with Gasteiger partial charge in [0.25, 0.3) is 0 Å². The summed E-state index contributed by atoms with van der Waals surface area (Å²) in [5, 5.41) is 8.88. The Bertz CT molecular complexity index is 1210. The lowest BCUT2D eigenvalue weighted by atomic mass is 9.94. The van der Waals surface area contributed by atoms with Gasteiger partial charge in [0.05, 0.1) is 5.69 Å². The summed E-state index contributed by atoms with van der Waals surface area (Å²) in [5.74, 6) is 0.867. The van der Waals surface area contributed by atoms with Crippen molar-refractivity contribution in [3.05, 3.63) is 70.8 Å². The first-order valence-electron chi connectivity index (χ1n) is 11.1. The number of benzene rings is 1. The van der Waals surface area contributed by atoms with E-state index in [9.17, 15) is 13.2 Å². The molecule has 1 aliphatic rings. The van der Waals surface area contributed by atoms with Crippen LogP contribution in [0.25, 0.3) is 17.0 Å². The molecule has 6 nitrogen and oxygen atoms in total. The first-order valence-corrected chi connectivity index (χ1v) is 11.1. The molecule has 1 N–H and O–H groups in total. The largest absolute Gasteiger partial charge is 0.435 e. The van der Waals surface area contributed by atoms with Crippen molar-refractivity contribution >= 4 is 12.4 Å². The Morgan fingerprint density at radius 2 is 2.09 bits per heavy atom. The molecule has 2 aromatic heterocycles. The van der Waals surface area contributed by atoms with E-state index in [1.807, 2.05) is 23.2 Å². The highest BCUT2D eigenvalue weighted by Gasteiger charge is 2.37. The topological polar surface area (TPSA) is 70.1 Å². The first kappa shape index (κ1) is 23.7. The second-order valence-electron chi connectivity index (χ2n) is 8.92. The zero-order chi connectivity index (χ0) is 24.5. The number of pyridine rings is 1. The summed E-state index contributed by atoms with van der Waals surface area (Å²) in [4.78, 5) is 10.4. The van der Waals surface area contributed by atoms with Crippen molar-refractivity contribution in [1.29, 1.82) is 0 Å². The summed E-state index contributed by atoms with van der Waals surface area (Å²) in [6, 6.07) is 9.76. The number of aromatic nitrogens is 4. The number of likely N-dealkylation sites (N-methyl/N-ethyl adjacent to an activating group) is 1. The third-order valence-electron chi connectivity index (χ3n) is 6.19. The summed E-state index contributed by atoms with van der Waals surface area (Å²) >= 11 is 0. The molecule has 9 heteroatoms. The highest BCUT2D eigenvalue weighted by molar-refractivity contribution is 5.70. The van der Waals surface area contributed by atoms with Crippen molar-refractivity contribution in [3.63, 3.8) is 0 Å². The molecule has 0 fully saturated rings. The Morgan fingerprint density at radius 1 is 1.29 bits per heavy atom. The second-order valence-corrected chi connectivity index (χ2v) is 8.92. The van der Waals surface area contributed by atoms with Gasteiger partial charge in [-0.15, -0.1) is 5.10 Å². The van der Waals surface area contributed by atoms with Gasteiger partial charge in [0, 0.05) is 37.5 Å². The average molecular weight is 469 g/mol. The lowest BCUT2D eigenvalue weighted by Gasteiger charge is -2.21. The van der Waals surface area contributed by atoms with Crippen LogP contribution in [0.1, 0.15) is 60.2 Å². The predicted molar refractivity (Wildman–Crippen MR) is 126 cm³/mol. The van der Waals surface area contributed by atoms with E-state index in [-0.39, 0.29) is 11.3 Å². The number of aromatic amines is 1. The molecular weight excluding hydrogens is 441 g/mol. The fraction of sp³-hybridized carbons (Fsp3) is 0.360. The van der Waals surface area contributed by atoms with Crippen molar-refractivity contribution in [2.75, 3.05) is 13.6 Å². The Balaban J connectivity index is 1.56. The fourth-order valence-electron chi connectivity index (χ4n) is 4.40. The van der Waals surface area contributed by atoms with Gasteiger partial charge in [-0.3, -0.25) is 15.1 Å². The molecule has 0 saturated carbocycles. The molecular formula is C25H27F3N6. The minimum absolute atomic E-state index is 0.245. The molecule has 0 aliphatic heterocycles. The number of aryl methyl sites for hydroxylation is 1. The van der Waals surface area contributed by atoms with Gasteiger partial charge in [-0.2, -0.15) is 13.2 Å². The van der Waals surface area contributed by atoms with Gasteiger partial charge in [-0.05, 0) is 54.3 Å². The second kappa shape index (κ2) is 9.40. The van der Waals surface area contributed by atoms with Crippen molar-refractivity contribution in [2.45, 2.75) is 44.7 Å². The first-order chi connectivity index (χ1) is 16.2. The molecule has 0 radical (unpaired) electrons. The monoisotopic (exact) mass is 468 g/mol. The van der Waals surface area contributed by atoms with Crippen LogP contribution in [0, 0.1) is 0 Å². The van der Waals surface area contributed by atoms with E-state index in [1.54, 1.807) is 0 Å². The quantitative estimate of drug-likeness (QED) is 0.454. The lowest BCUT2D eigenvalue weighted by Crippen LogP contribution is -2.19. The fourth-order valence-corrected chi connectivity index (χ4v) is 4.40. The predicted octanol–water partition coefficient (Wildman–Crippen LogP) is 5.67. The molecule has 0 amide bonds. The van der Waals surface area contributed by atoms with E-state index < -0.39 is 11.9 Å². The molecule has 0 spiro atoms. The van der Waals surface area contributed by atoms with E-state index in [0.29, 0.717) is 23.2 Å². The van der Waals surface area contributed by atoms with E-state index >= 15 is 0 Å². The van der Waals surface area contributed by atoms with Crippen LogP contribution < -0.4 is 0 Å². The molecule has 0 saturated heterocycles. The summed E-state index contributed by atoms with van der Waals surface area (Å²) in [6.07, 6.45) is 0.804. The van der Waals surface area contributed by atoms with Gasteiger partial charge in [-0.1, -0.05) is 37.3 Å². The van der Waals surface area contributed by atoms with Crippen molar-refractivity contribution in [2.24, 2.45) is 4.99 Å². The molecule has 2 heterocycles. The number of halogens is 3. The number of H-pyrrole nitrogens is 1. The molecule has 0 bridgehead atoms. The summed E-state index contributed by atoms with van der Waals surface area (Å²) in [5.41, 5.74) is 3.97. The van der Waals surface area contributed by atoms with Crippen molar-refractivity contribution in [1.82, 2.24) is 25.3 Å². The van der Waals surface area contributed by atoms with E-state index in [1.165, 1.54) is 35.0 Å². The number of fused-ring (bicyclic) bond motifs is 1. The third kappa shape index (κ3) is 4.88. The minimum atomic E-state index is -4.59. The standard InChI is InChI=1S/C25H27F3N6/c1-15(2)17-7-5-16-6-8-19(20(16)11-17)13-34(4)14-22(29-3)21-12-18(9-10-30-21)23-24(25(26,27)28)32-33-31-23/h5,7,9-12,14-15,19H,3,6,8,13H2,1-2,4H3,(H,31,32,33)/b22-14-/t19-/m0/s1. The van der Waals surface area contributed by atoms with Crippen LogP contribution in [0.4, 0.5) is 13.2 Å². The normalized spacial score (nSPS) is 16.1. The van der Waals surface area contributed by atoms with Crippen molar-refractivity contribution in [3.8, 4) is 11.3 Å².